The van der Waals surface area contributed by atoms with E-state index in [0.717, 1.165) is 22.6 Å². The quantitative estimate of drug-likeness (QED) is 0.759. The van der Waals surface area contributed by atoms with Gasteiger partial charge >= 0.3 is 0 Å². The maximum absolute atomic E-state index is 6.06. The monoisotopic (exact) mass is 296 g/mol. The third kappa shape index (κ3) is 2.42. The van der Waals surface area contributed by atoms with Gasteiger partial charge in [-0.05, 0) is 29.3 Å². The number of aromatic amines is 1. The molecule has 1 unspecified atom stereocenters. The van der Waals surface area contributed by atoms with Crippen LogP contribution in [0.15, 0.2) is 48.7 Å². The van der Waals surface area contributed by atoms with E-state index in [4.69, 9.17) is 15.2 Å². The van der Waals surface area contributed by atoms with E-state index in [-0.39, 0.29) is 5.92 Å². The molecule has 0 radical (unpaired) electrons. The van der Waals surface area contributed by atoms with Crippen LogP contribution in [0.4, 0.5) is 0 Å². The highest BCUT2D eigenvalue weighted by Gasteiger charge is 2.18. The molecule has 22 heavy (non-hydrogen) atoms. The second-order valence-corrected chi connectivity index (χ2v) is 5.19. The lowest BCUT2D eigenvalue weighted by molar-refractivity contribution is 0.354. The first-order valence-corrected chi connectivity index (χ1v) is 7.26. The van der Waals surface area contributed by atoms with Gasteiger partial charge in [-0.1, -0.05) is 24.3 Å². The van der Waals surface area contributed by atoms with Crippen LogP contribution < -0.4 is 15.2 Å². The number of H-pyrrole nitrogens is 1. The summed E-state index contributed by atoms with van der Waals surface area (Å²) in [5.41, 5.74) is 9.50. The standard InChI is InChI=1S/C18H20N2O2/c1-21-17-8-7-12(9-18(17)22-2)14(10-19)15-11-20-16-6-4-3-5-13(15)16/h3-9,11,14,20H,10,19H2,1-2H3. The topological polar surface area (TPSA) is 60.3 Å². The van der Waals surface area contributed by atoms with E-state index in [1.807, 2.05) is 36.5 Å². The number of para-hydroxylation sites is 1. The van der Waals surface area contributed by atoms with Crippen molar-refractivity contribution in [1.29, 1.82) is 0 Å². The molecule has 4 heteroatoms. The van der Waals surface area contributed by atoms with Gasteiger partial charge in [-0.25, -0.2) is 0 Å². The Hall–Kier alpha value is -2.46. The van der Waals surface area contributed by atoms with E-state index in [1.54, 1.807) is 14.2 Å². The maximum atomic E-state index is 6.06. The van der Waals surface area contributed by atoms with Crippen LogP contribution in [0.3, 0.4) is 0 Å². The summed E-state index contributed by atoms with van der Waals surface area (Å²) in [5, 5.41) is 1.20. The third-order valence-electron chi connectivity index (χ3n) is 4.04. The number of benzene rings is 2. The highest BCUT2D eigenvalue weighted by Crippen LogP contribution is 2.35. The highest BCUT2D eigenvalue weighted by molar-refractivity contribution is 5.84. The van der Waals surface area contributed by atoms with Crippen molar-refractivity contribution in [3.63, 3.8) is 0 Å². The SMILES string of the molecule is COc1ccc(C(CN)c2c[nH]c3ccccc23)cc1OC. The molecule has 3 aromatic rings. The molecule has 114 valence electrons. The summed E-state index contributed by atoms with van der Waals surface area (Å²) in [7, 11) is 3.28. The molecule has 1 heterocycles. The fraction of sp³-hybridized carbons (Fsp3) is 0.222. The first-order chi connectivity index (χ1) is 10.8. The van der Waals surface area contributed by atoms with E-state index in [9.17, 15) is 0 Å². The summed E-state index contributed by atoms with van der Waals surface area (Å²) in [5.74, 6) is 1.55. The van der Waals surface area contributed by atoms with Gasteiger partial charge in [0.15, 0.2) is 11.5 Å². The van der Waals surface area contributed by atoms with Crippen LogP contribution in [-0.4, -0.2) is 25.7 Å². The van der Waals surface area contributed by atoms with Crippen molar-refractivity contribution in [1.82, 2.24) is 4.98 Å². The van der Waals surface area contributed by atoms with Gasteiger partial charge < -0.3 is 20.2 Å². The number of rotatable bonds is 5. The van der Waals surface area contributed by atoms with Crippen molar-refractivity contribution in [2.24, 2.45) is 5.73 Å². The Balaban J connectivity index is 2.08. The average molecular weight is 296 g/mol. The van der Waals surface area contributed by atoms with Crippen LogP contribution in [0.2, 0.25) is 0 Å². The molecule has 0 aliphatic heterocycles. The van der Waals surface area contributed by atoms with E-state index in [2.05, 4.69) is 17.1 Å². The first kappa shape index (κ1) is 14.5. The largest absolute Gasteiger partial charge is 0.493 e. The van der Waals surface area contributed by atoms with Crippen LogP contribution in [0.5, 0.6) is 11.5 Å². The summed E-state index contributed by atoms with van der Waals surface area (Å²) < 4.78 is 10.7. The highest BCUT2D eigenvalue weighted by atomic mass is 16.5. The van der Waals surface area contributed by atoms with Crippen molar-refractivity contribution in [2.45, 2.75) is 5.92 Å². The van der Waals surface area contributed by atoms with Crippen LogP contribution in [0.1, 0.15) is 17.0 Å². The second-order valence-electron chi connectivity index (χ2n) is 5.19. The minimum Gasteiger partial charge on any atom is -0.493 e. The summed E-state index contributed by atoms with van der Waals surface area (Å²) >= 11 is 0. The Morgan fingerprint density at radius 3 is 2.55 bits per heavy atom. The summed E-state index contributed by atoms with van der Waals surface area (Å²) in [6.45, 7) is 0.525. The van der Waals surface area contributed by atoms with Gasteiger partial charge in [0.25, 0.3) is 0 Å². The maximum Gasteiger partial charge on any atom is 0.161 e. The molecule has 0 saturated heterocycles. The van der Waals surface area contributed by atoms with Gasteiger partial charge in [-0.3, -0.25) is 0 Å². The number of nitrogens with two attached hydrogens (primary N) is 1. The number of fused-ring (bicyclic) bond motifs is 1. The van der Waals surface area contributed by atoms with Crippen molar-refractivity contribution < 1.29 is 9.47 Å². The predicted molar refractivity (Wildman–Crippen MR) is 88.7 cm³/mol. The molecule has 1 aromatic heterocycles. The van der Waals surface area contributed by atoms with Gasteiger partial charge in [0.05, 0.1) is 14.2 Å². The Labute approximate surface area is 129 Å². The molecule has 2 aromatic carbocycles. The average Bonchev–Trinajstić information content (AvgIpc) is 2.99. The molecular formula is C18H20N2O2. The third-order valence-corrected chi connectivity index (χ3v) is 4.04. The fourth-order valence-electron chi connectivity index (χ4n) is 2.89. The molecule has 3 N–H and O–H groups in total. The van der Waals surface area contributed by atoms with Gasteiger partial charge in [-0.15, -0.1) is 0 Å². The van der Waals surface area contributed by atoms with Crippen molar-refractivity contribution in [2.75, 3.05) is 20.8 Å². The number of hydrogen-bond donors (Lipinski definition) is 2. The normalized spacial score (nSPS) is 12.3. The number of aromatic nitrogens is 1. The lowest BCUT2D eigenvalue weighted by Gasteiger charge is -2.17. The van der Waals surface area contributed by atoms with Crippen LogP contribution in [0.25, 0.3) is 10.9 Å². The molecular weight excluding hydrogens is 276 g/mol. The van der Waals surface area contributed by atoms with E-state index in [0.29, 0.717) is 6.54 Å². The summed E-state index contributed by atoms with van der Waals surface area (Å²) in [6, 6.07) is 14.2. The molecule has 0 spiro atoms. The lowest BCUT2D eigenvalue weighted by atomic mass is 9.91. The van der Waals surface area contributed by atoms with Crippen molar-refractivity contribution in [3.05, 3.63) is 59.8 Å². The molecule has 0 bridgehead atoms. The van der Waals surface area contributed by atoms with Crippen LogP contribution in [0, 0.1) is 0 Å². The van der Waals surface area contributed by atoms with E-state index >= 15 is 0 Å². The van der Waals surface area contributed by atoms with Gasteiger partial charge in [-0.2, -0.15) is 0 Å². The van der Waals surface area contributed by atoms with Crippen molar-refractivity contribution in [3.8, 4) is 11.5 Å². The molecule has 4 nitrogen and oxygen atoms in total. The zero-order valence-electron chi connectivity index (χ0n) is 12.8. The smallest absolute Gasteiger partial charge is 0.161 e. The Kier molecular flexibility index (Phi) is 4.02. The minimum atomic E-state index is 0.107. The number of nitrogens with one attached hydrogen (secondary N) is 1. The molecule has 0 aliphatic rings. The zero-order chi connectivity index (χ0) is 15.5. The van der Waals surface area contributed by atoms with Crippen LogP contribution in [-0.2, 0) is 0 Å². The molecule has 3 rings (SSSR count). The lowest BCUT2D eigenvalue weighted by Crippen LogP contribution is -2.13. The molecule has 0 fully saturated rings. The summed E-state index contributed by atoms with van der Waals surface area (Å²) in [6.07, 6.45) is 2.04. The molecule has 0 aliphatic carbocycles. The Morgan fingerprint density at radius 1 is 1.05 bits per heavy atom. The summed E-state index contributed by atoms with van der Waals surface area (Å²) in [4.78, 5) is 3.31. The van der Waals surface area contributed by atoms with Gasteiger partial charge in [0, 0.05) is 29.6 Å². The fourth-order valence-corrected chi connectivity index (χ4v) is 2.89. The van der Waals surface area contributed by atoms with Gasteiger partial charge in [0.1, 0.15) is 0 Å². The number of hydrogen-bond acceptors (Lipinski definition) is 3. The second kappa shape index (κ2) is 6.12. The Morgan fingerprint density at radius 2 is 1.82 bits per heavy atom. The zero-order valence-corrected chi connectivity index (χ0v) is 12.8. The number of methoxy groups -OCH3 is 2. The Bertz CT molecular complexity index is 780. The van der Waals surface area contributed by atoms with Crippen molar-refractivity contribution >= 4 is 10.9 Å². The van der Waals surface area contributed by atoms with E-state index < -0.39 is 0 Å². The van der Waals surface area contributed by atoms with Gasteiger partial charge in [0.2, 0.25) is 0 Å². The molecule has 0 saturated carbocycles. The first-order valence-electron chi connectivity index (χ1n) is 7.26. The number of ether oxygens (including phenoxy) is 2. The predicted octanol–water partition coefficient (Wildman–Crippen LogP) is 3.28. The van der Waals surface area contributed by atoms with Crippen LogP contribution >= 0.6 is 0 Å². The molecule has 1 atom stereocenters. The van der Waals surface area contributed by atoms with E-state index in [1.165, 1.54) is 10.9 Å². The molecule has 0 amide bonds. The minimum absolute atomic E-state index is 0.107.